The van der Waals surface area contributed by atoms with Crippen LogP contribution in [0.1, 0.15) is 115 Å². The standard InChI is InChI=1S/C48H57N5O10/c1-6-41(56)52-18-17-30-33(24-52)32(23-51(3)44(30)58)29-20-37(61-4)34(38(21-29)62-5)22-50(2)28-47-25-48(26-47,27-47)39(54)14-9-7-8-10-19-63-36-13-11-12-31-42(36)46(60)53(45(31)59)35-15-16-40(55)49-43(35)57/h11-13,20-21,23,35H,6-10,14-19,22,24-28H2,1-5H3,(H,49,55,57). The van der Waals surface area contributed by atoms with E-state index < -0.39 is 29.7 Å². The number of piperidine rings is 1. The van der Waals surface area contributed by atoms with Crippen LogP contribution in [-0.4, -0.2) is 102 Å². The van der Waals surface area contributed by atoms with E-state index in [1.165, 1.54) is 0 Å². The molecular weight excluding hydrogens is 807 g/mol. The number of ether oxygens (including phenoxy) is 3. The van der Waals surface area contributed by atoms with Crippen molar-refractivity contribution in [1.29, 1.82) is 0 Å². The van der Waals surface area contributed by atoms with Crippen molar-refractivity contribution in [1.82, 2.24) is 24.6 Å². The molecule has 4 heterocycles. The lowest BCUT2D eigenvalue weighted by Gasteiger charge is -2.70. The monoisotopic (exact) mass is 863 g/mol. The molecule has 3 saturated carbocycles. The summed E-state index contributed by atoms with van der Waals surface area (Å²) in [7, 11) is 7.14. The Morgan fingerprint density at radius 1 is 0.889 bits per heavy atom. The first-order valence-corrected chi connectivity index (χ1v) is 22.2. The number of aromatic nitrogens is 1. The van der Waals surface area contributed by atoms with Crippen LogP contribution in [0.25, 0.3) is 11.1 Å². The van der Waals surface area contributed by atoms with Crippen molar-refractivity contribution in [2.24, 2.45) is 17.9 Å². The van der Waals surface area contributed by atoms with E-state index in [4.69, 9.17) is 14.2 Å². The van der Waals surface area contributed by atoms with Gasteiger partial charge in [0, 0.05) is 75.2 Å². The van der Waals surface area contributed by atoms with Crippen molar-refractivity contribution in [3.8, 4) is 28.4 Å². The number of hydrogen-bond donors (Lipinski definition) is 1. The van der Waals surface area contributed by atoms with Gasteiger partial charge < -0.3 is 28.6 Å². The second-order valence-electron chi connectivity index (χ2n) is 18.2. The van der Waals surface area contributed by atoms with Crippen LogP contribution in [0, 0.1) is 10.8 Å². The summed E-state index contributed by atoms with van der Waals surface area (Å²) in [5, 5.41) is 2.21. The van der Waals surface area contributed by atoms with Crippen molar-refractivity contribution in [3.63, 3.8) is 0 Å². The van der Waals surface area contributed by atoms with Crippen molar-refractivity contribution < 1.29 is 43.0 Å². The van der Waals surface area contributed by atoms with Crippen molar-refractivity contribution >= 4 is 35.3 Å². The fourth-order valence-corrected chi connectivity index (χ4v) is 10.9. The molecule has 5 amide bonds. The zero-order valence-electron chi connectivity index (χ0n) is 36.9. The van der Waals surface area contributed by atoms with Gasteiger partial charge >= 0.3 is 0 Å². The average molecular weight is 864 g/mol. The van der Waals surface area contributed by atoms with Crippen LogP contribution in [0.3, 0.4) is 0 Å². The largest absolute Gasteiger partial charge is 0.496 e. The number of pyridine rings is 1. The van der Waals surface area contributed by atoms with Gasteiger partial charge in [-0.15, -0.1) is 0 Å². The maximum Gasteiger partial charge on any atom is 0.266 e. The van der Waals surface area contributed by atoms with Gasteiger partial charge in [-0.2, -0.15) is 0 Å². The summed E-state index contributed by atoms with van der Waals surface area (Å²) >= 11 is 0. The fourth-order valence-electron chi connectivity index (χ4n) is 10.9. The minimum absolute atomic E-state index is 0.0384. The predicted octanol–water partition coefficient (Wildman–Crippen LogP) is 4.97. The molecule has 3 aliphatic carbocycles. The van der Waals surface area contributed by atoms with Gasteiger partial charge in [-0.3, -0.25) is 43.8 Å². The third-order valence-electron chi connectivity index (χ3n) is 13.9. The maximum atomic E-state index is 13.4. The Morgan fingerprint density at radius 2 is 1.60 bits per heavy atom. The molecule has 1 unspecified atom stereocenters. The highest BCUT2D eigenvalue weighted by molar-refractivity contribution is 6.24. The molecule has 63 heavy (non-hydrogen) atoms. The number of unbranched alkanes of at least 4 members (excludes halogenated alkanes) is 3. The number of aryl methyl sites for hydroxylation is 1. The number of nitrogens with one attached hydrogen (secondary N) is 1. The van der Waals surface area contributed by atoms with Gasteiger partial charge in [0.05, 0.1) is 37.5 Å². The quantitative estimate of drug-likeness (QED) is 0.135. The molecule has 15 heteroatoms. The van der Waals surface area contributed by atoms with Crippen LogP contribution in [0.4, 0.5) is 0 Å². The number of carbonyl (C=O) groups is 6. The minimum Gasteiger partial charge on any atom is -0.496 e. The number of ketones is 1. The first kappa shape index (κ1) is 43.8. The molecule has 6 aliphatic rings. The molecule has 9 rings (SSSR count). The minimum atomic E-state index is -1.03. The van der Waals surface area contributed by atoms with Crippen LogP contribution in [-0.2, 0) is 45.7 Å². The Bertz CT molecular complexity index is 2410. The lowest BCUT2D eigenvalue weighted by Crippen LogP contribution is -2.68. The summed E-state index contributed by atoms with van der Waals surface area (Å²) < 4.78 is 19.5. The summed E-state index contributed by atoms with van der Waals surface area (Å²) in [4.78, 5) is 94.7. The van der Waals surface area contributed by atoms with E-state index in [1.54, 1.807) is 44.0 Å². The zero-order valence-corrected chi connectivity index (χ0v) is 36.9. The van der Waals surface area contributed by atoms with Crippen LogP contribution in [0.2, 0.25) is 0 Å². The molecule has 3 aliphatic heterocycles. The molecule has 2 bridgehead atoms. The Balaban J connectivity index is 0.797. The van der Waals surface area contributed by atoms with Gasteiger partial charge in [0.2, 0.25) is 17.7 Å². The SMILES string of the molecule is CCC(=O)N1CCc2c(c(-c3cc(OC)c(CN(C)CC45CC(C(=O)CCCCCCOc6cccc7c6C(=O)N(C6CCC(=O)NC6=O)C7=O)(C4)C5)c(OC)c3)cn(C)c2=O)C1. The Kier molecular flexibility index (Phi) is 12.1. The Morgan fingerprint density at radius 3 is 2.29 bits per heavy atom. The lowest BCUT2D eigenvalue weighted by molar-refractivity contribution is -0.211. The molecule has 1 saturated heterocycles. The molecule has 1 N–H and O–H groups in total. The van der Waals surface area contributed by atoms with Crippen LogP contribution < -0.4 is 25.1 Å². The number of Topliss-reactive ketones (excluding diaryl/α,β-unsaturated/α-hetero) is 1. The van der Waals surface area contributed by atoms with E-state index in [1.807, 2.05) is 30.2 Å². The number of rotatable bonds is 18. The molecule has 334 valence electrons. The van der Waals surface area contributed by atoms with Gasteiger partial charge in [-0.05, 0) is 92.8 Å². The maximum absolute atomic E-state index is 13.4. The van der Waals surface area contributed by atoms with Gasteiger partial charge in [-0.25, -0.2) is 0 Å². The number of fused-ring (bicyclic) bond motifs is 2. The molecule has 3 aromatic rings. The zero-order chi connectivity index (χ0) is 44.8. The van der Waals surface area contributed by atoms with E-state index in [2.05, 4.69) is 17.3 Å². The van der Waals surface area contributed by atoms with Crippen molar-refractivity contribution in [3.05, 3.63) is 74.7 Å². The molecule has 4 fully saturated rings. The molecular formula is C48H57N5O10. The first-order valence-electron chi connectivity index (χ1n) is 22.2. The van der Waals surface area contributed by atoms with Gasteiger partial charge in [0.25, 0.3) is 17.4 Å². The number of nitrogens with zero attached hydrogens (tertiary/aromatic N) is 4. The first-order chi connectivity index (χ1) is 30.2. The molecule has 1 atom stereocenters. The van der Waals surface area contributed by atoms with Crippen LogP contribution in [0.5, 0.6) is 17.2 Å². The third-order valence-corrected chi connectivity index (χ3v) is 13.9. The van der Waals surface area contributed by atoms with Crippen molar-refractivity contribution in [2.45, 2.75) is 103 Å². The summed E-state index contributed by atoms with van der Waals surface area (Å²) in [5.74, 6) is -0.155. The molecule has 2 aromatic carbocycles. The van der Waals surface area contributed by atoms with Crippen LogP contribution >= 0.6 is 0 Å². The van der Waals surface area contributed by atoms with E-state index >= 15 is 0 Å². The Hall–Kier alpha value is -5.83. The van der Waals surface area contributed by atoms with Gasteiger partial charge in [0.1, 0.15) is 29.1 Å². The molecule has 0 radical (unpaired) electrons. The fraction of sp³-hybridized carbons (Fsp3) is 0.521. The Labute approximate surface area is 367 Å². The molecule has 1 aromatic heterocycles. The average Bonchev–Trinajstić information content (AvgIpc) is 3.50. The van der Waals surface area contributed by atoms with E-state index in [-0.39, 0.29) is 46.3 Å². The third kappa shape index (κ3) is 8.04. The highest BCUT2D eigenvalue weighted by Crippen LogP contribution is 2.74. The highest BCUT2D eigenvalue weighted by Gasteiger charge is 2.70. The summed E-state index contributed by atoms with van der Waals surface area (Å²) in [6.45, 7) is 4.54. The van der Waals surface area contributed by atoms with E-state index in [9.17, 15) is 33.6 Å². The van der Waals surface area contributed by atoms with E-state index in [0.717, 1.165) is 77.8 Å². The topological polar surface area (TPSA) is 174 Å². The lowest BCUT2D eigenvalue weighted by atomic mass is 9.33. The van der Waals surface area contributed by atoms with Gasteiger partial charge in [0.15, 0.2) is 0 Å². The predicted molar refractivity (Wildman–Crippen MR) is 231 cm³/mol. The number of benzene rings is 2. The second kappa shape index (κ2) is 17.4. The number of methoxy groups -OCH3 is 2. The summed E-state index contributed by atoms with van der Waals surface area (Å²) in [6, 6.07) is 7.79. The number of imide groups is 2. The number of amides is 5. The summed E-state index contributed by atoms with van der Waals surface area (Å²) in [5.41, 5.74) is 4.48. The smallest absolute Gasteiger partial charge is 0.266 e. The number of hydrogen-bond acceptors (Lipinski definition) is 11. The van der Waals surface area contributed by atoms with Gasteiger partial charge in [-0.1, -0.05) is 25.8 Å². The highest BCUT2D eigenvalue weighted by atomic mass is 16.5. The van der Waals surface area contributed by atoms with E-state index in [0.29, 0.717) is 75.0 Å². The molecule has 15 nitrogen and oxygen atoms in total. The van der Waals surface area contributed by atoms with Crippen molar-refractivity contribution in [2.75, 3.05) is 41.0 Å². The van der Waals surface area contributed by atoms with Crippen LogP contribution in [0.15, 0.2) is 41.3 Å². The molecule has 0 spiro atoms. The summed E-state index contributed by atoms with van der Waals surface area (Å²) in [6.07, 6.45) is 9.41. The second-order valence-corrected chi connectivity index (χ2v) is 18.2. The number of carbonyl (C=O) groups excluding carboxylic acids is 6. The normalized spacial score (nSPS) is 22.3.